The summed E-state index contributed by atoms with van der Waals surface area (Å²) in [6.45, 7) is -0.321. The van der Waals surface area contributed by atoms with Crippen LogP contribution in [0.25, 0.3) is 0 Å². The molecule has 0 spiro atoms. The number of alkyl halides is 3. The van der Waals surface area contributed by atoms with Crippen molar-refractivity contribution in [3.63, 3.8) is 0 Å². The molecule has 0 N–H and O–H groups in total. The average molecular weight is 577 g/mol. The number of hydrogen-bond donors (Lipinski definition) is 0. The topological polar surface area (TPSA) is 71.9 Å². The zero-order valence-corrected chi connectivity index (χ0v) is 20.1. The lowest BCUT2D eigenvalue weighted by molar-refractivity contribution is 0.0135. The summed E-state index contributed by atoms with van der Waals surface area (Å²) in [7, 11) is -4.11. The van der Waals surface area contributed by atoms with E-state index in [4.69, 9.17) is 4.18 Å². The van der Waals surface area contributed by atoms with Crippen molar-refractivity contribution in [2.45, 2.75) is 16.0 Å². The number of aromatic nitrogens is 1. The van der Waals surface area contributed by atoms with E-state index in [0.717, 1.165) is 4.47 Å². The Morgan fingerprint density at radius 2 is 2.06 bits per heavy atom. The molecule has 0 bridgehead atoms. The normalized spacial score (nSPS) is 22.8. The van der Waals surface area contributed by atoms with E-state index in [2.05, 4.69) is 65.5 Å². The molecule has 31 heavy (non-hydrogen) atoms. The minimum Gasteiger partial charge on any atom is -0.289 e. The highest BCUT2D eigenvalue weighted by Gasteiger charge is 2.42. The molecule has 164 valence electrons. The largest absolute Gasteiger partial charge is 0.289 e. The molecular formula is C20H17Br2F2N3O3S. The van der Waals surface area contributed by atoms with Gasteiger partial charge in [0.25, 0.3) is 16.0 Å². The lowest BCUT2D eigenvalue weighted by Gasteiger charge is -2.23. The second kappa shape index (κ2) is 9.88. The Morgan fingerprint density at radius 3 is 2.77 bits per heavy atom. The highest BCUT2D eigenvalue weighted by Crippen LogP contribution is 2.32. The van der Waals surface area contributed by atoms with Crippen LogP contribution in [0.15, 0.2) is 39.6 Å². The molecule has 0 aromatic carbocycles. The highest BCUT2D eigenvalue weighted by molar-refractivity contribution is 9.11. The van der Waals surface area contributed by atoms with Gasteiger partial charge in [-0.3, -0.25) is 19.1 Å². The molecule has 1 aromatic heterocycles. The van der Waals surface area contributed by atoms with E-state index in [1.807, 2.05) is 0 Å². The molecule has 0 aliphatic carbocycles. The smallest absolute Gasteiger partial charge is 0.289 e. The standard InChI is InChI=1S/C20H17Br2F2N3O3S/c21-18-9-16(11-25-13-18)4-2-8-30-31(28,29)19(22)10-17(12-26-14-19)3-1-6-27-7-5-20(23,24)15-27/h9-13H,5-8,14-15H2. The molecule has 3 rings (SSSR count). The van der Waals surface area contributed by atoms with Gasteiger partial charge < -0.3 is 0 Å². The van der Waals surface area contributed by atoms with E-state index in [9.17, 15) is 17.2 Å². The predicted molar refractivity (Wildman–Crippen MR) is 121 cm³/mol. The Morgan fingerprint density at radius 1 is 1.26 bits per heavy atom. The zero-order chi connectivity index (χ0) is 22.5. The summed E-state index contributed by atoms with van der Waals surface area (Å²) in [6, 6.07) is 1.74. The molecule has 2 aliphatic heterocycles. The van der Waals surface area contributed by atoms with E-state index in [0.29, 0.717) is 11.1 Å². The van der Waals surface area contributed by atoms with Crippen LogP contribution < -0.4 is 0 Å². The van der Waals surface area contributed by atoms with Crippen LogP contribution in [0.4, 0.5) is 8.78 Å². The maximum absolute atomic E-state index is 13.2. The maximum atomic E-state index is 13.2. The zero-order valence-electron chi connectivity index (χ0n) is 16.1. The summed E-state index contributed by atoms with van der Waals surface area (Å²) in [6.07, 6.45) is 5.82. The van der Waals surface area contributed by atoms with Gasteiger partial charge in [0.1, 0.15) is 6.61 Å². The Hall–Kier alpha value is -1.63. The van der Waals surface area contributed by atoms with Gasteiger partial charge in [-0.2, -0.15) is 8.42 Å². The van der Waals surface area contributed by atoms with Crippen molar-refractivity contribution in [2.24, 2.45) is 4.99 Å². The third kappa shape index (κ3) is 6.67. The summed E-state index contributed by atoms with van der Waals surface area (Å²) in [5, 5.41) is 0. The Labute approximate surface area is 196 Å². The monoisotopic (exact) mass is 575 g/mol. The number of likely N-dealkylation sites (tertiary alicyclic amines) is 1. The number of rotatable bonds is 4. The van der Waals surface area contributed by atoms with E-state index in [-0.39, 0.29) is 39.2 Å². The van der Waals surface area contributed by atoms with Crippen LogP contribution in [0.1, 0.15) is 12.0 Å². The molecule has 0 saturated carbocycles. The van der Waals surface area contributed by atoms with Crippen molar-refractivity contribution in [1.82, 2.24) is 9.88 Å². The Bertz CT molecular complexity index is 1130. The summed E-state index contributed by atoms with van der Waals surface area (Å²) in [5.74, 6) is 8.30. The van der Waals surface area contributed by atoms with Crippen molar-refractivity contribution < 1.29 is 21.4 Å². The lowest BCUT2D eigenvalue weighted by atomic mass is 10.2. The van der Waals surface area contributed by atoms with Crippen molar-refractivity contribution in [3.8, 4) is 23.7 Å². The van der Waals surface area contributed by atoms with Crippen LogP contribution in [0.3, 0.4) is 0 Å². The summed E-state index contributed by atoms with van der Waals surface area (Å²) in [5.41, 5.74) is 0.965. The molecule has 0 amide bonds. The minimum atomic E-state index is -4.11. The molecule has 6 nitrogen and oxygen atoms in total. The molecule has 11 heteroatoms. The van der Waals surface area contributed by atoms with E-state index in [1.165, 1.54) is 12.3 Å². The number of allylic oxidation sites excluding steroid dienone is 1. The minimum absolute atomic E-state index is 0.0954. The van der Waals surface area contributed by atoms with Crippen molar-refractivity contribution in [1.29, 1.82) is 0 Å². The van der Waals surface area contributed by atoms with Gasteiger partial charge in [-0.1, -0.05) is 39.6 Å². The molecule has 1 atom stereocenters. The van der Waals surface area contributed by atoms with Gasteiger partial charge in [0, 0.05) is 47.2 Å². The Kier molecular flexibility index (Phi) is 7.66. The van der Waals surface area contributed by atoms with Gasteiger partial charge in [-0.15, -0.1) is 0 Å². The second-order valence-electron chi connectivity index (χ2n) is 6.88. The van der Waals surface area contributed by atoms with Crippen LogP contribution >= 0.6 is 31.9 Å². The maximum Gasteiger partial charge on any atom is 0.289 e. The molecule has 1 unspecified atom stereocenters. The van der Waals surface area contributed by atoms with E-state index in [1.54, 1.807) is 23.4 Å². The third-order valence-corrected chi connectivity index (χ3v) is 7.94. The summed E-state index contributed by atoms with van der Waals surface area (Å²) >= 11 is 6.47. The summed E-state index contributed by atoms with van der Waals surface area (Å²) < 4.78 is 56.0. The van der Waals surface area contributed by atoms with E-state index >= 15 is 0 Å². The first-order valence-corrected chi connectivity index (χ1v) is 12.1. The average Bonchev–Trinajstić information content (AvgIpc) is 3.04. The van der Waals surface area contributed by atoms with Crippen molar-refractivity contribution in [3.05, 3.63) is 40.1 Å². The van der Waals surface area contributed by atoms with Gasteiger partial charge in [-0.05, 0) is 28.1 Å². The Balaban J connectivity index is 1.62. The molecule has 1 saturated heterocycles. The molecule has 3 heterocycles. The van der Waals surface area contributed by atoms with Crippen molar-refractivity contribution >= 4 is 48.2 Å². The number of pyridine rings is 1. The number of nitrogens with zero attached hydrogens (tertiary/aromatic N) is 3. The van der Waals surface area contributed by atoms with Crippen LogP contribution in [-0.2, 0) is 14.3 Å². The van der Waals surface area contributed by atoms with Crippen LogP contribution in [0.2, 0.25) is 0 Å². The van der Waals surface area contributed by atoms with Crippen LogP contribution in [0.5, 0.6) is 0 Å². The van der Waals surface area contributed by atoms with Crippen LogP contribution in [-0.4, -0.2) is 66.9 Å². The van der Waals surface area contributed by atoms with Gasteiger partial charge in [0.05, 0.1) is 19.6 Å². The fourth-order valence-electron chi connectivity index (χ4n) is 2.82. The summed E-state index contributed by atoms with van der Waals surface area (Å²) in [4.78, 5) is 9.57. The predicted octanol–water partition coefficient (Wildman–Crippen LogP) is 2.99. The molecule has 1 fully saturated rings. The van der Waals surface area contributed by atoms with Gasteiger partial charge >= 0.3 is 0 Å². The van der Waals surface area contributed by atoms with Gasteiger partial charge in [0.15, 0.2) is 3.66 Å². The van der Waals surface area contributed by atoms with E-state index < -0.39 is 19.7 Å². The van der Waals surface area contributed by atoms with Crippen LogP contribution in [0, 0.1) is 23.7 Å². The fourth-order valence-corrected chi connectivity index (χ4v) is 4.77. The van der Waals surface area contributed by atoms with Gasteiger partial charge in [0.2, 0.25) is 0 Å². The molecule has 2 aliphatic rings. The first-order valence-electron chi connectivity index (χ1n) is 9.08. The second-order valence-corrected chi connectivity index (χ2v) is 11.6. The SMILES string of the molecule is O=S(=O)(OCC#Cc1cncc(Br)c1)C1(Br)C=C(C#CCN2CCC(F)(F)C2)C=NC1. The molecular weight excluding hydrogens is 560 g/mol. The first-order chi connectivity index (χ1) is 14.6. The van der Waals surface area contributed by atoms with Gasteiger partial charge in [-0.25, -0.2) is 8.78 Å². The lowest BCUT2D eigenvalue weighted by Crippen LogP contribution is -2.37. The quantitative estimate of drug-likeness (QED) is 0.313. The number of dihydropyridines is 1. The van der Waals surface area contributed by atoms with Crippen molar-refractivity contribution in [2.75, 3.05) is 32.8 Å². The first kappa shape index (κ1) is 24.0. The number of aliphatic imine (C=N–C) groups is 1. The number of halogens is 4. The fraction of sp³-hybridized carbons (Fsp3) is 0.400. The third-order valence-electron chi connectivity index (χ3n) is 4.33. The molecule has 1 aromatic rings. The molecule has 0 radical (unpaired) electrons. The number of hydrogen-bond acceptors (Lipinski definition) is 6. The highest BCUT2D eigenvalue weighted by atomic mass is 79.9.